The molecule has 1 unspecified atom stereocenters. The van der Waals surface area contributed by atoms with Crippen LogP contribution >= 0.6 is 0 Å². The minimum atomic E-state index is -0.188. The molecule has 2 nitrogen and oxygen atoms in total. The third-order valence-electron chi connectivity index (χ3n) is 3.54. The van der Waals surface area contributed by atoms with Gasteiger partial charge in [0.15, 0.2) is 0 Å². The smallest absolute Gasteiger partial charge is 0.131 e. The number of ether oxygens (including phenoxy) is 1. The number of benzene rings is 1. The van der Waals surface area contributed by atoms with Gasteiger partial charge in [-0.05, 0) is 31.4 Å². The van der Waals surface area contributed by atoms with Crippen LogP contribution in [0.5, 0.6) is 5.75 Å². The number of halogens is 1. The monoisotopic (exact) mass is 223 g/mol. The van der Waals surface area contributed by atoms with Crippen molar-refractivity contribution in [3.05, 3.63) is 29.6 Å². The van der Waals surface area contributed by atoms with Crippen molar-refractivity contribution in [3.8, 4) is 5.75 Å². The molecule has 0 saturated heterocycles. The van der Waals surface area contributed by atoms with Crippen molar-refractivity contribution in [2.24, 2.45) is 5.41 Å². The summed E-state index contributed by atoms with van der Waals surface area (Å²) in [4.78, 5) is 0. The highest BCUT2D eigenvalue weighted by Gasteiger charge is 2.45. The van der Waals surface area contributed by atoms with Gasteiger partial charge >= 0.3 is 0 Å². The zero-order chi connectivity index (χ0) is 11.8. The van der Waals surface area contributed by atoms with E-state index in [4.69, 9.17) is 4.74 Å². The first-order valence-corrected chi connectivity index (χ1v) is 5.61. The molecule has 16 heavy (non-hydrogen) atoms. The zero-order valence-electron chi connectivity index (χ0n) is 10.0. The van der Waals surface area contributed by atoms with Crippen molar-refractivity contribution < 1.29 is 9.13 Å². The van der Waals surface area contributed by atoms with E-state index in [-0.39, 0.29) is 17.3 Å². The van der Waals surface area contributed by atoms with Crippen LogP contribution in [0.15, 0.2) is 18.2 Å². The van der Waals surface area contributed by atoms with Crippen LogP contribution in [-0.2, 0) is 0 Å². The maximum Gasteiger partial charge on any atom is 0.131 e. The van der Waals surface area contributed by atoms with Gasteiger partial charge in [-0.25, -0.2) is 4.39 Å². The standard InChI is InChI=1S/C13H18FNO/c1-13(6-7-13)12(15-2)10-5-4-9(16-3)8-11(10)14/h4-5,8,12,15H,6-7H2,1-3H3. The quantitative estimate of drug-likeness (QED) is 0.847. The van der Waals surface area contributed by atoms with Gasteiger partial charge in [0, 0.05) is 17.7 Å². The number of rotatable bonds is 4. The van der Waals surface area contributed by atoms with Gasteiger partial charge in [-0.1, -0.05) is 13.0 Å². The molecular weight excluding hydrogens is 205 g/mol. The molecule has 0 bridgehead atoms. The lowest BCUT2D eigenvalue weighted by molar-refractivity contribution is 0.373. The average Bonchev–Trinajstić information content (AvgIpc) is 3.00. The fraction of sp³-hybridized carbons (Fsp3) is 0.538. The molecule has 0 spiro atoms. The third kappa shape index (κ3) is 1.92. The predicted molar refractivity (Wildman–Crippen MR) is 62.1 cm³/mol. The van der Waals surface area contributed by atoms with Crippen molar-refractivity contribution in [2.45, 2.75) is 25.8 Å². The molecule has 0 radical (unpaired) electrons. The zero-order valence-corrected chi connectivity index (χ0v) is 10.0. The van der Waals surface area contributed by atoms with E-state index < -0.39 is 0 Å². The molecule has 1 atom stereocenters. The molecular formula is C13H18FNO. The molecule has 88 valence electrons. The summed E-state index contributed by atoms with van der Waals surface area (Å²) < 4.78 is 18.9. The molecule has 1 aliphatic carbocycles. The molecule has 0 aromatic heterocycles. The lowest BCUT2D eigenvalue weighted by Crippen LogP contribution is -2.25. The number of hydrogen-bond acceptors (Lipinski definition) is 2. The summed E-state index contributed by atoms with van der Waals surface area (Å²) in [6.45, 7) is 2.19. The SMILES string of the molecule is CNC(c1ccc(OC)cc1F)C1(C)CC1. The van der Waals surface area contributed by atoms with E-state index in [1.54, 1.807) is 7.11 Å². The van der Waals surface area contributed by atoms with Crippen molar-refractivity contribution >= 4 is 0 Å². The Bertz CT molecular complexity index is 388. The Balaban J connectivity index is 2.31. The largest absolute Gasteiger partial charge is 0.497 e. The second-order valence-electron chi connectivity index (χ2n) is 4.76. The summed E-state index contributed by atoms with van der Waals surface area (Å²) in [5.41, 5.74) is 0.952. The van der Waals surface area contributed by atoms with E-state index in [0.29, 0.717) is 5.75 Å². The lowest BCUT2D eigenvalue weighted by atomic mass is 9.91. The Morgan fingerprint density at radius 3 is 2.56 bits per heavy atom. The molecule has 2 rings (SSSR count). The fourth-order valence-electron chi connectivity index (χ4n) is 2.23. The van der Waals surface area contributed by atoms with E-state index in [2.05, 4.69) is 12.2 Å². The van der Waals surface area contributed by atoms with E-state index >= 15 is 0 Å². The molecule has 0 aliphatic heterocycles. The summed E-state index contributed by atoms with van der Waals surface area (Å²) in [6, 6.07) is 5.18. The Hall–Kier alpha value is -1.09. The highest BCUT2D eigenvalue weighted by atomic mass is 19.1. The number of hydrogen-bond donors (Lipinski definition) is 1. The van der Waals surface area contributed by atoms with Crippen LogP contribution in [0.2, 0.25) is 0 Å². The average molecular weight is 223 g/mol. The van der Waals surface area contributed by atoms with Crippen molar-refractivity contribution in [3.63, 3.8) is 0 Å². The summed E-state index contributed by atoms with van der Waals surface area (Å²) in [5, 5.41) is 3.22. The number of methoxy groups -OCH3 is 1. The molecule has 1 saturated carbocycles. The van der Waals surface area contributed by atoms with Gasteiger partial charge in [-0.15, -0.1) is 0 Å². The van der Waals surface area contributed by atoms with Gasteiger partial charge in [0.1, 0.15) is 11.6 Å². The molecule has 0 heterocycles. The minimum absolute atomic E-state index is 0.0957. The topological polar surface area (TPSA) is 21.3 Å². The van der Waals surface area contributed by atoms with Crippen molar-refractivity contribution in [1.29, 1.82) is 0 Å². The van der Waals surface area contributed by atoms with Crippen molar-refractivity contribution in [2.75, 3.05) is 14.2 Å². The molecule has 1 aromatic carbocycles. The molecule has 1 aromatic rings. The molecule has 1 N–H and O–H groups in total. The van der Waals surface area contributed by atoms with Crippen LogP contribution < -0.4 is 10.1 Å². The normalized spacial score (nSPS) is 19.2. The van der Waals surface area contributed by atoms with E-state index in [1.165, 1.54) is 6.07 Å². The van der Waals surface area contributed by atoms with Crippen LogP contribution in [0, 0.1) is 11.2 Å². The van der Waals surface area contributed by atoms with Gasteiger partial charge in [0.05, 0.1) is 7.11 Å². The van der Waals surface area contributed by atoms with Crippen LogP contribution in [0.3, 0.4) is 0 Å². The van der Waals surface area contributed by atoms with Gasteiger partial charge < -0.3 is 10.1 Å². The maximum absolute atomic E-state index is 13.9. The van der Waals surface area contributed by atoms with Gasteiger partial charge in [0.25, 0.3) is 0 Å². The lowest BCUT2D eigenvalue weighted by Gasteiger charge is -2.24. The number of nitrogens with one attached hydrogen (secondary N) is 1. The summed E-state index contributed by atoms with van der Waals surface area (Å²) >= 11 is 0. The molecule has 0 amide bonds. The summed E-state index contributed by atoms with van der Waals surface area (Å²) in [7, 11) is 3.43. The predicted octanol–water partition coefficient (Wildman–Crippen LogP) is 2.89. The van der Waals surface area contributed by atoms with Gasteiger partial charge in [0.2, 0.25) is 0 Å². The fourth-order valence-corrected chi connectivity index (χ4v) is 2.23. The van der Waals surface area contributed by atoms with Gasteiger partial charge in [-0.3, -0.25) is 0 Å². The summed E-state index contributed by atoms with van der Waals surface area (Å²) in [5.74, 6) is 0.379. The molecule has 3 heteroatoms. The molecule has 1 aliphatic rings. The van der Waals surface area contributed by atoms with Crippen LogP contribution in [0.4, 0.5) is 4.39 Å². The Labute approximate surface area is 95.8 Å². The van der Waals surface area contributed by atoms with Gasteiger partial charge in [-0.2, -0.15) is 0 Å². The second kappa shape index (κ2) is 4.06. The minimum Gasteiger partial charge on any atom is -0.497 e. The highest BCUT2D eigenvalue weighted by Crippen LogP contribution is 2.54. The maximum atomic E-state index is 13.9. The van der Waals surface area contributed by atoms with E-state index in [0.717, 1.165) is 18.4 Å². The Kier molecular flexibility index (Phi) is 2.89. The van der Waals surface area contributed by atoms with Crippen LogP contribution in [0.1, 0.15) is 31.4 Å². The Morgan fingerprint density at radius 1 is 1.44 bits per heavy atom. The van der Waals surface area contributed by atoms with Crippen LogP contribution in [-0.4, -0.2) is 14.2 Å². The third-order valence-corrected chi connectivity index (χ3v) is 3.54. The first-order chi connectivity index (χ1) is 7.60. The Morgan fingerprint density at radius 2 is 2.12 bits per heavy atom. The first-order valence-electron chi connectivity index (χ1n) is 5.61. The first kappa shape index (κ1) is 11.4. The summed E-state index contributed by atoms with van der Waals surface area (Å²) in [6.07, 6.45) is 2.31. The van der Waals surface area contributed by atoms with Crippen molar-refractivity contribution in [1.82, 2.24) is 5.32 Å². The molecule has 1 fully saturated rings. The van der Waals surface area contributed by atoms with Crippen LogP contribution in [0.25, 0.3) is 0 Å². The van der Waals surface area contributed by atoms with E-state index in [9.17, 15) is 4.39 Å². The highest BCUT2D eigenvalue weighted by molar-refractivity contribution is 5.32. The van der Waals surface area contributed by atoms with E-state index in [1.807, 2.05) is 19.2 Å². The second-order valence-corrected chi connectivity index (χ2v) is 4.76.